The predicted molar refractivity (Wildman–Crippen MR) is 56.1 cm³/mol. The number of hydrogen-bond acceptors (Lipinski definition) is 2. The number of nitrogens with one attached hydrogen (secondary N) is 2. The van der Waals surface area contributed by atoms with Gasteiger partial charge in [0, 0.05) is 13.1 Å². The van der Waals surface area contributed by atoms with E-state index in [4.69, 9.17) is 0 Å². The summed E-state index contributed by atoms with van der Waals surface area (Å²) in [5.74, 6) is -2.26. The molecule has 0 fully saturated rings. The van der Waals surface area contributed by atoms with Crippen LogP contribution in [-0.2, 0) is 9.59 Å². The lowest BCUT2D eigenvalue weighted by Gasteiger charge is -2.07. The second-order valence-corrected chi connectivity index (χ2v) is 3.21. The first-order valence-electron chi connectivity index (χ1n) is 5.17. The van der Waals surface area contributed by atoms with Crippen molar-refractivity contribution < 1.29 is 22.8 Å². The van der Waals surface area contributed by atoms with Crippen molar-refractivity contribution in [3.8, 4) is 0 Å². The van der Waals surface area contributed by atoms with Crippen molar-refractivity contribution in [3.05, 3.63) is 12.2 Å². The van der Waals surface area contributed by atoms with Gasteiger partial charge in [-0.3, -0.25) is 9.59 Å². The largest absolute Gasteiger partial charge is 0.471 e. The summed E-state index contributed by atoms with van der Waals surface area (Å²) in [5, 5.41) is 4.18. The monoisotopic (exact) mass is 252 g/mol. The molecule has 0 aromatic rings. The zero-order valence-electron chi connectivity index (χ0n) is 9.43. The maximum absolute atomic E-state index is 11.7. The third-order valence-electron chi connectivity index (χ3n) is 1.70. The van der Waals surface area contributed by atoms with E-state index in [2.05, 4.69) is 5.32 Å². The summed E-state index contributed by atoms with van der Waals surface area (Å²) in [6.45, 7) is 1.96. The molecule has 0 saturated carbocycles. The van der Waals surface area contributed by atoms with Crippen molar-refractivity contribution in [1.29, 1.82) is 0 Å². The number of alkyl halides is 3. The minimum absolute atomic E-state index is 0.129. The van der Waals surface area contributed by atoms with Crippen LogP contribution < -0.4 is 10.6 Å². The van der Waals surface area contributed by atoms with Gasteiger partial charge in [0.05, 0.1) is 0 Å². The first-order chi connectivity index (χ1) is 7.88. The Balaban J connectivity index is 3.57. The van der Waals surface area contributed by atoms with Crippen LogP contribution in [-0.4, -0.2) is 31.1 Å². The van der Waals surface area contributed by atoms with Crippen LogP contribution in [0.15, 0.2) is 12.2 Å². The van der Waals surface area contributed by atoms with Crippen molar-refractivity contribution in [1.82, 2.24) is 10.6 Å². The highest BCUT2D eigenvalue weighted by molar-refractivity contribution is 5.87. The fraction of sp³-hybridized carbons (Fsp3) is 0.600. The zero-order chi connectivity index (χ0) is 13.3. The number of halogens is 3. The summed E-state index contributed by atoms with van der Waals surface area (Å²) in [6, 6.07) is 0. The summed E-state index contributed by atoms with van der Waals surface area (Å²) in [5.41, 5.74) is 0. The molecule has 0 heterocycles. The average molecular weight is 252 g/mol. The Bertz CT molecular complexity index is 288. The topological polar surface area (TPSA) is 58.2 Å². The summed E-state index contributed by atoms with van der Waals surface area (Å²) in [7, 11) is 0. The van der Waals surface area contributed by atoms with Crippen molar-refractivity contribution >= 4 is 11.8 Å². The number of amides is 2. The molecule has 0 rings (SSSR count). The normalized spacial score (nSPS) is 11.5. The number of rotatable bonds is 6. The van der Waals surface area contributed by atoms with Gasteiger partial charge in [-0.1, -0.05) is 13.0 Å². The van der Waals surface area contributed by atoms with E-state index in [1.165, 1.54) is 6.08 Å². The lowest BCUT2D eigenvalue weighted by molar-refractivity contribution is -0.173. The Morgan fingerprint density at radius 2 is 1.76 bits per heavy atom. The highest BCUT2D eigenvalue weighted by Gasteiger charge is 2.38. The van der Waals surface area contributed by atoms with E-state index in [1.807, 2.05) is 6.92 Å². The molecule has 0 atom stereocenters. The Hall–Kier alpha value is -1.53. The standard InChI is InChI=1S/C10H15F3N2O2/c1-2-3-5-8(16)14-6-4-7-15-9(17)10(11,12)13/h3,5H,2,4,6-7H2,1H3,(H,14,16)(H,15,17)/b5-3+. The van der Waals surface area contributed by atoms with E-state index < -0.39 is 12.1 Å². The summed E-state index contributed by atoms with van der Waals surface area (Å²) in [6.07, 6.45) is -0.856. The smallest absolute Gasteiger partial charge is 0.352 e. The molecule has 0 spiro atoms. The van der Waals surface area contributed by atoms with Gasteiger partial charge in [-0.2, -0.15) is 13.2 Å². The van der Waals surface area contributed by atoms with Crippen LogP contribution in [0, 0.1) is 0 Å². The molecule has 98 valence electrons. The molecule has 0 saturated heterocycles. The third kappa shape index (κ3) is 8.29. The van der Waals surface area contributed by atoms with Crippen LogP contribution in [0.4, 0.5) is 13.2 Å². The van der Waals surface area contributed by atoms with Crippen LogP contribution in [0.3, 0.4) is 0 Å². The van der Waals surface area contributed by atoms with Crippen molar-refractivity contribution in [3.63, 3.8) is 0 Å². The van der Waals surface area contributed by atoms with Crippen LogP contribution in [0.5, 0.6) is 0 Å². The third-order valence-corrected chi connectivity index (χ3v) is 1.70. The van der Waals surface area contributed by atoms with Crippen molar-refractivity contribution in [2.75, 3.05) is 13.1 Å². The van der Waals surface area contributed by atoms with Gasteiger partial charge in [0.2, 0.25) is 5.91 Å². The van der Waals surface area contributed by atoms with Gasteiger partial charge in [-0.25, -0.2) is 0 Å². The molecule has 4 nitrogen and oxygen atoms in total. The fourth-order valence-corrected chi connectivity index (χ4v) is 0.886. The van der Waals surface area contributed by atoms with Crippen LogP contribution in [0.2, 0.25) is 0 Å². The highest BCUT2D eigenvalue weighted by Crippen LogP contribution is 2.13. The molecule has 7 heteroatoms. The fourth-order valence-electron chi connectivity index (χ4n) is 0.886. The quantitative estimate of drug-likeness (QED) is 0.550. The maximum atomic E-state index is 11.7. The van der Waals surface area contributed by atoms with Gasteiger partial charge >= 0.3 is 12.1 Å². The minimum atomic E-state index is -4.85. The van der Waals surface area contributed by atoms with E-state index in [0.717, 1.165) is 6.42 Å². The minimum Gasteiger partial charge on any atom is -0.352 e. The van der Waals surface area contributed by atoms with E-state index in [-0.39, 0.29) is 25.4 Å². The van der Waals surface area contributed by atoms with E-state index in [0.29, 0.717) is 0 Å². The zero-order valence-corrected chi connectivity index (χ0v) is 9.43. The molecule has 0 aliphatic carbocycles. The number of allylic oxidation sites excluding steroid dienone is 1. The number of carbonyl (C=O) groups excluding carboxylic acids is 2. The first-order valence-corrected chi connectivity index (χ1v) is 5.17. The molecule has 0 aliphatic heterocycles. The Kier molecular flexibility index (Phi) is 7.00. The molecule has 0 radical (unpaired) electrons. The van der Waals surface area contributed by atoms with E-state index in [9.17, 15) is 22.8 Å². The van der Waals surface area contributed by atoms with Crippen LogP contribution in [0.1, 0.15) is 19.8 Å². The van der Waals surface area contributed by atoms with Crippen LogP contribution in [0.25, 0.3) is 0 Å². The van der Waals surface area contributed by atoms with Gasteiger partial charge < -0.3 is 10.6 Å². The Labute approximate surface area is 97.3 Å². The molecule has 0 unspecified atom stereocenters. The molecule has 2 amide bonds. The number of carbonyl (C=O) groups is 2. The molecule has 0 aromatic carbocycles. The maximum Gasteiger partial charge on any atom is 0.471 e. The van der Waals surface area contributed by atoms with E-state index >= 15 is 0 Å². The first kappa shape index (κ1) is 15.5. The van der Waals surface area contributed by atoms with Crippen molar-refractivity contribution in [2.24, 2.45) is 0 Å². The number of hydrogen-bond donors (Lipinski definition) is 2. The van der Waals surface area contributed by atoms with E-state index in [1.54, 1.807) is 11.4 Å². The van der Waals surface area contributed by atoms with Crippen molar-refractivity contribution in [2.45, 2.75) is 25.9 Å². The lowest BCUT2D eigenvalue weighted by Crippen LogP contribution is -2.38. The molecule has 0 bridgehead atoms. The summed E-state index contributed by atoms with van der Waals surface area (Å²) >= 11 is 0. The molecule has 2 N–H and O–H groups in total. The molecule has 17 heavy (non-hydrogen) atoms. The average Bonchev–Trinajstić information content (AvgIpc) is 2.24. The lowest BCUT2D eigenvalue weighted by atomic mass is 10.3. The molecule has 0 aliphatic rings. The molecular weight excluding hydrogens is 237 g/mol. The summed E-state index contributed by atoms with van der Waals surface area (Å²) < 4.78 is 35.2. The second-order valence-electron chi connectivity index (χ2n) is 3.21. The Morgan fingerprint density at radius 3 is 2.29 bits per heavy atom. The van der Waals surface area contributed by atoms with Crippen LogP contribution >= 0.6 is 0 Å². The van der Waals surface area contributed by atoms with Gasteiger partial charge in [0.1, 0.15) is 0 Å². The van der Waals surface area contributed by atoms with Gasteiger partial charge in [0.25, 0.3) is 0 Å². The Morgan fingerprint density at radius 1 is 1.18 bits per heavy atom. The SMILES string of the molecule is CC/C=C/C(=O)NCCCNC(=O)C(F)(F)F. The van der Waals surface area contributed by atoms with Gasteiger partial charge in [-0.15, -0.1) is 0 Å². The second kappa shape index (κ2) is 7.70. The highest BCUT2D eigenvalue weighted by atomic mass is 19.4. The molecular formula is C10H15F3N2O2. The summed E-state index contributed by atoms with van der Waals surface area (Å²) in [4.78, 5) is 21.4. The molecule has 0 aromatic heterocycles. The van der Waals surface area contributed by atoms with Gasteiger partial charge in [-0.05, 0) is 18.9 Å². The predicted octanol–water partition coefficient (Wildman–Crippen LogP) is 1.14. The van der Waals surface area contributed by atoms with Gasteiger partial charge in [0.15, 0.2) is 0 Å².